The third-order valence-corrected chi connectivity index (χ3v) is 5.12. The summed E-state index contributed by atoms with van der Waals surface area (Å²) in [6, 6.07) is 14.9. The lowest BCUT2D eigenvalue weighted by Gasteiger charge is -2.27. The van der Waals surface area contributed by atoms with Gasteiger partial charge in [-0.15, -0.1) is 0 Å². The van der Waals surface area contributed by atoms with Gasteiger partial charge in [0.1, 0.15) is 11.8 Å². The van der Waals surface area contributed by atoms with Gasteiger partial charge < -0.3 is 14.8 Å². The zero-order chi connectivity index (χ0) is 23.2. The Morgan fingerprint density at radius 1 is 0.935 bits per heavy atom. The molecule has 0 aliphatic carbocycles. The van der Waals surface area contributed by atoms with E-state index in [1.54, 1.807) is 0 Å². The molecule has 1 unspecified atom stereocenters. The molecule has 5 heteroatoms. The van der Waals surface area contributed by atoms with Crippen molar-refractivity contribution in [3.63, 3.8) is 0 Å². The maximum Gasteiger partial charge on any atom is 0.328 e. The van der Waals surface area contributed by atoms with Crippen LogP contribution in [-0.4, -0.2) is 31.6 Å². The van der Waals surface area contributed by atoms with Crippen molar-refractivity contribution < 1.29 is 19.1 Å². The second-order valence-corrected chi connectivity index (χ2v) is 9.83. The lowest BCUT2D eigenvalue weighted by Crippen LogP contribution is -2.45. The van der Waals surface area contributed by atoms with Crippen LogP contribution in [0.1, 0.15) is 58.2 Å². The van der Waals surface area contributed by atoms with Gasteiger partial charge in [-0.1, -0.05) is 84.0 Å². The molecule has 2 aromatic rings. The number of carbonyl (C=O) groups is 2. The molecule has 5 nitrogen and oxygen atoms in total. The molecule has 0 bridgehead atoms. The van der Waals surface area contributed by atoms with Gasteiger partial charge in [0.25, 0.3) is 5.91 Å². The third kappa shape index (κ3) is 7.12. The van der Waals surface area contributed by atoms with E-state index in [2.05, 4.69) is 52.9 Å². The van der Waals surface area contributed by atoms with E-state index in [0.717, 1.165) is 11.1 Å². The lowest BCUT2D eigenvalue weighted by molar-refractivity contribution is -0.145. The standard InChI is InChI=1S/C26H35NO4/c1-25(2,3)19-13-14-22(20(16-19)26(4,5)6)31-17-23(28)27-21(24(29)30-7)15-18-11-9-8-10-12-18/h8-14,16,21H,15,17H2,1-7H3,(H,27,28). The number of nitrogens with one attached hydrogen (secondary N) is 1. The van der Waals surface area contributed by atoms with E-state index in [0.29, 0.717) is 12.2 Å². The Labute approximate surface area is 186 Å². The summed E-state index contributed by atoms with van der Waals surface area (Å²) in [6.45, 7) is 12.7. The zero-order valence-electron chi connectivity index (χ0n) is 19.7. The van der Waals surface area contributed by atoms with E-state index in [1.165, 1.54) is 12.7 Å². The van der Waals surface area contributed by atoms with E-state index >= 15 is 0 Å². The van der Waals surface area contributed by atoms with Crippen LogP contribution in [0.15, 0.2) is 48.5 Å². The summed E-state index contributed by atoms with van der Waals surface area (Å²) in [5, 5.41) is 2.74. The fourth-order valence-corrected chi connectivity index (χ4v) is 3.27. The van der Waals surface area contributed by atoms with E-state index < -0.39 is 12.0 Å². The Morgan fingerprint density at radius 2 is 1.58 bits per heavy atom. The molecule has 1 N–H and O–H groups in total. The van der Waals surface area contributed by atoms with Crippen LogP contribution in [0.2, 0.25) is 0 Å². The van der Waals surface area contributed by atoms with Crippen molar-refractivity contribution in [2.75, 3.05) is 13.7 Å². The quantitative estimate of drug-likeness (QED) is 0.661. The molecule has 0 radical (unpaired) electrons. The molecule has 0 aliphatic rings. The van der Waals surface area contributed by atoms with Gasteiger partial charge in [0.15, 0.2) is 6.61 Å². The minimum Gasteiger partial charge on any atom is -0.483 e. The number of carbonyl (C=O) groups excluding carboxylic acids is 2. The number of methoxy groups -OCH3 is 1. The van der Waals surface area contributed by atoms with Crippen molar-refractivity contribution in [1.82, 2.24) is 5.32 Å². The molecule has 0 heterocycles. The molecular weight excluding hydrogens is 390 g/mol. The van der Waals surface area contributed by atoms with Gasteiger partial charge in [-0.3, -0.25) is 4.79 Å². The Kier molecular flexibility index (Phi) is 7.88. The monoisotopic (exact) mass is 425 g/mol. The van der Waals surface area contributed by atoms with E-state index in [9.17, 15) is 9.59 Å². The molecule has 2 rings (SSSR count). The summed E-state index contributed by atoms with van der Waals surface area (Å²) < 4.78 is 10.8. The number of ether oxygens (including phenoxy) is 2. The second kappa shape index (κ2) is 9.99. The number of rotatable bonds is 7. The molecule has 0 aromatic heterocycles. The SMILES string of the molecule is COC(=O)C(Cc1ccccc1)NC(=O)COc1ccc(C(C)(C)C)cc1C(C)(C)C. The Hall–Kier alpha value is -2.82. The summed E-state index contributed by atoms with van der Waals surface area (Å²) in [4.78, 5) is 24.7. The van der Waals surface area contributed by atoms with Crippen LogP contribution in [0.4, 0.5) is 0 Å². The van der Waals surface area contributed by atoms with Gasteiger partial charge in [-0.05, 0) is 33.6 Å². The molecule has 0 fully saturated rings. The number of esters is 1. The number of amides is 1. The topological polar surface area (TPSA) is 64.6 Å². The Balaban J connectivity index is 2.12. The average molecular weight is 426 g/mol. The first-order chi connectivity index (χ1) is 14.4. The molecule has 0 saturated heterocycles. The highest BCUT2D eigenvalue weighted by Gasteiger charge is 2.25. The maximum absolute atomic E-state index is 12.6. The maximum atomic E-state index is 12.6. The van der Waals surface area contributed by atoms with Crippen LogP contribution in [0.5, 0.6) is 5.75 Å². The summed E-state index contributed by atoms with van der Waals surface area (Å²) in [6.07, 6.45) is 0.354. The van der Waals surface area contributed by atoms with E-state index in [1.807, 2.05) is 42.5 Å². The van der Waals surface area contributed by atoms with Crippen molar-refractivity contribution in [2.45, 2.75) is 64.8 Å². The Bertz CT molecular complexity index is 892. The highest BCUT2D eigenvalue weighted by atomic mass is 16.5. The van der Waals surface area contributed by atoms with Crippen molar-refractivity contribution in [2.24, 2.45) is 0 Å². The van der Waals surface area contributed by atoms with Crippen molar-refractivity contribution in [1.29, 1.82) is 0 Å². The third-order valence-electron chi connectivity index (χ3n) is 5.12. The molecule has 0 spiro atoms. The number of hydrogen-bond acceptors (Lipinski definition) is 4. The van der Waals surface area contributed by atoms with Gasteiger partial charge in [0.2, 0.25) is 0 Å². The zero-order valence-corrected chi connectivity index (χ0v) is 19.7. The van der Waals surface area contributed by atoms with Crippen molar-refractivity contribution in [3.8, 4) is 5.75 Å². The van der Waals surface area contributed by atoms with E-state index in [4.69, 9.17) is 9.47 Å². The van der Waals surface area contributed by atoms with Crippen molar-refractivity contribution in [3.05, 3.63) is 65.2 Å². The first-order valence-electron chi connectivity index (χ1n) is 10.6. The van der Waals surface area contributed by atoms with Crippen LogP contribution >= 0.6 is 0 Å². The fraction of sp³-hybridized carbons (Fsp3) is 0.462. The minimum atomic E-state index is -0.770. The smallest absolute Gasteiger partial charge is 0.328 e. The predicted octanol–water partition coefficient (Wildman–Crippen LogP) is 4.56. The average Bonchev–Trinajstić information content (AvgIpc) is 2.70. The highest BCUT2D eigenvalue weighted by Crippen LogP contribution is 2.35. The van der Waals surface area contributed by atoms with Crippen LogP contribution < -0.4 is 10.1 Å². The van der Waals surface area contributed by atoms with Gasteiger partial charge in [0.05, 0.1) is 7.11 Å². The molecular formula is C26H35NO4. The molecule has 2 aromatic carbocycles. The summed E-state index contributed by atoms with van der Waals surface area (Å²) in [7, 11) is 1.31. The van der Waals surface area contributed by atoms with Crippen molar-refractivity contribution >= 4 is 11.9 Å². The molecule has 31 heavy (non-hydrogen) atoms. The van der Waals surface area contributed by atoms with Crippen LogP contribution in [0, 0.1) is 0 Å². The first-order valence-corrected chi connectivity index (χ1v) is 10.6. The normalized spacial score (nSPS) is 12.7. The first kappa shape index (κ1) is 24.4. The van der Waals surface area contributed by atoms with Crippen LogP contribution in [0.3, 0.4) is 0 Å². The lowest BCUT2D eigenvalue weighted by atomic mass is 9.80. The molecule has 1 atom stereocenters. The van der Waals surface area contributed by atoms with E-state index in [-0.39, 0.29) is 23.3 Å². The molecule has 1 amide bonds. The van der Waals surface area contributed by atoms with Crippen LogP contribution in [0.25, 0.3) is 0 Å². The summed E-state index contributed by atoms with van der Waals surface area (Å²) in [5.74, 6) is -0.179. The highest BCUT2D eigenvalue weighted by molar-refractivity contribution is 5.85. The molecule has 0 saturated carbocycles. The van der Waals surface area contributed by atoms with Gasteiger partial charge >= 0.3 is 5.97 Å². The predicted molar refractivity (Wildman–Crippen MR) is 123 cm³/mol. The number of benzene rings is 2. The van der Waals surface area contributed by atoms with Gasteiger partial charge in [-0.2, -0.15) is 0 Å². The van der Waals surface area contributed by atoms with Gasteiger partial charge in [-0.25, -0.2) is 4.79 Å². The fourth-order valence-electron chi connectivity index (χ4n) is 3.27. The summed E-state index contributed by atoms with van der Waals surface area (Å²) >= 11 is 0. The number of hydrogen-bond donors (Lipinski definition) is 1. The Morgan fingerprint density at radius 3 is 2.13 bits per heavy atom. The minimum absolute atomic E-state index is 0.0150. The van der Waals surface area contributed by atoms with Gasteiger partial charge in [0, 0.05) is 6.42 Å². The largest absolute Gasteiger partial charge is 0.483 e. The van der Waals surface area contributed by atoms with Crippen LogP contribution in [-0.2, 0) is 31.6 Å². The summed E-state index contributed by atoms with van der Waals surface area (Å²) in [5.41, 5.74) is 3.06. The second-order valence-electron chi connectivity index (χ2n) is 9.83. The molecule has 168 valence electrons. The molecule has 0 aliphatic heterocycles.